The second-order valence-electron chi connectivity index (χ2n) is 3.44. The highest BCUT2D eigenvalue weighted by atomic mass is 16.5. The van der Waals surface area contributed by atoms with Crippen LogP contribution in [0.1, 0.15) is 31.4 Å². The smallest absolute Gasteiger partial charge is 0.303 e. The lowest BCUT2D eigenvalue weighted by Crippen LogP contribution is -2.10. The molecular formula is C12H14O4. The van der Waals surface area contributed by atoms with E-state index in [4.69, 9.17) is 9.84 Å². The fourth-order valence-electron chi connectivity index (χ4n) is 1.42. The Morgan fingerprint density at radius 3 is 2.44 bits per heavy atom. The van der Waals surface area contributed by atoms with Crippen molar-refractivity contribution in [3.05, 3.63) is 35.9 Å². The zero-order valence-electron chi connectivity index (χ0n) is 9.05. The van der Waals surface area contributed by atoms with Gasteiger partial charge in [-0.15, -0.1) is 0 Å². The van der Waals surface area contributed by atoms with Gasteiger partial charge in [-0.1, -0.05) is 30.3 Å². The van der Waals surface area contributed by atoms with E-state index in [-0.39, 0.29) is 6.42 Å². The van der Waals surface area contributed by atoms with Crippen molar-refractivity contribution in [2.75, 3.05) is 0 Å². The van der Waals surface area contributed by atoms with Gasteiger partial charge >= 0.3 is 11.9 Å². The van der Waals surface area contributed by atoms with Gasteiger partial charge in [0.15, 0.2) is 0 Å². The summed E-state index contributed by atoms with van der Waals surface area (Å²) in [6.07, 6.45) is -0.207. The molecule has 1 N–H and O–H groups in total. The highest BCUT2D eigenvalue weighted by molar-refractivity contribution is 5.67. The molecule has 0 heterocycles. The number of carbonyl (C=O) groups excluding carboxylic acids is 1. The molecule has 1 aromatic rings. The fourth-order valence-corrected chi connectivity index (χ4v) is 1.42. The van der Waals surface area contributed by atoms with E-state index in [9.17, 15) is 9.59 Å². The van der Waals surface area contributed by atoms with E-state index < -0.39 is 18.0 Å². The van der Waals surface area contributed by atoms with E-state index >= 15 is 0 Å². The topological polar surface area (TPSA) is 63.6 Å². The summed E-state index contributed by atoms with van der Waals surface area (Å²) in [5.74, 6) is -1.30. The quantitative estimate of drug-likeness (QED) is 0.775. The summed E-state index contributed by atoms with van der Waals surface area (Å²) >= 11 is 0. The normalized spacial score (nSPS) is 11.8. The molecule has 86 valence electrons. The van der Waals surface area contributed by atoms with Gasteiger partial charge in [0.05, 0.1) is 0 Å². The van der Waals surface area contributed by atoms with E-state index in [0.29, 0.717) is 6.42 Å². The predicted molar refractivity (Wildman–Crippen MR) is 57.8 cm³/mol. The summed E-state index contributed by atoms with van der Waals surface area (Å²) in [6.45, 7) is 1.32. The van der Waals surface area contributed by atoms with Gasteiger partial charge in [0.2, 0.25) is 0 Å². The third kappa shape index (κ3) is 4.13. The van der Waals surface area contributed by atoms with E-state index in [0.717, 1.165) is 5.56 Å². The lowest BCUT2D eigenvalue weighted by Gasteiger charge is -2.16. The van der Waals surface area contributed by atoms with Crippen molar-refractivity contribution in [2.45, 2.75) is 25.9 Å². The van der Waals surface area contributed by atoms with Crippen LogP contribution in [0.15, 0.2) is 30.3 Å². The molecule has 0 aliphatic carbocycles. The van der Waals surface area contributed by atoms with Crippen LogP contribution in [-0.2, 0) is 14.3 Å². The highest BCUT2D eigenvalue weighted by Crippen LogP contribution is 2.22. The first-order valence-corrected chi connectivity index (χ1v) is 5.03. The molecule has 0 aromatic heterocycles. The molecule has 1 rings (SSSR count). The van der Waals surface area contributed by atoms with Gasteiger partial charge in [-0.25, -0.2) is 0 Å². The number of benzene rings is 1. The van der Waals surface area contributed by atoms with Gasteiger partial charge in [-0.05, 0) is 12.0 Å². The third-order valence-corrected chi connectivity index (χ3v) is 2.10. The molecule has 0 saturated heterocycles. The van der Waals surface area contributed by atoms with Gasteiger partial charge in [0.25, 0.3) is 0 Å². The number of rotatable bonds is 5. The van der Waals surface area contributed by atoms with Crippen LogP contribution in [-0.4, -0.2) is 17.0 Å². The van der Waals surface area contributed by atoms with Crippen molar-refractivity contribution in [3.63, 3.8) is 0 Å². The second kappa shape index (κ2) is 5.90. The van der Waals surface area contributed by atoms with Crippen molar-refractivity contribution in [1.82, 2.24) is 0 Å². The Balaban J connectivity index is 2.71. The maximum Gasteiger partial charge on any atom is 0.303 e. The average Bonchev–Trinajstić information content (AvgIpc) is 2.25. The van der Waals surface area contributed by atoms with Crippen molar-refractivity contribution in [2.24, 2.45) is 0 Å². The second-order valence-corrected chi connectivity index (χ2v) is 3.44. The van der Waals surface area contributed by atoms with Crippen LogP contribution in [0.3, 0.4) is 0 Å². The minimum atomic E-state index is -0.895. The van der Waals surface area contributed by atoms with Gasteiger partial charge < -0.3 is 9.84 Å². The van der Waals surface area contributed by atoms with Crippen molar-refractivity contribution in [3.8, 4) is 0 Å². The maximum atomic E-state index is 10.9. The van der Waals surface area contributed by atoms with Gasteiger partial charge in [-0.3, -0.25) is 9.59 Å². The lowest BCUT2D eigenvalue weighted by atomic mass is 10.0. The minimum Gasteiger partial charge on any atom is -0.481 e. The van der Waals surface area contributed by atoms with Crippen LogP contribution >= 0.6 is 0 Å². The Morgan fingerprint density at radius 2 is 1.94 bits per heavy atom. The number of aliphatic carboxylic acids is 1. The van der Waals surface area contributed by atoms with E-state index in [1.807, 2.05) is 30.3 Å². The molecule has 0 saturated carbocycles. The number of carbonyl (C=O) groups is 2. The molecule has 0 aliphatic rings. The molecule has 0 unspecified atom stereocenters. The Bertz CT molecular complexity index is 359. The fraction of sp³-hybridized carbons (Fsp3) is 0.333. The number of hydrogen-bond acceptors (Lipinski definition) is 3. The van der Waals surface area contributed by atoms with Crippen LogP contribution in [0.4, 0.5) is 0 Å². The Kier molecular flexibility index (Phi) is 4.51. The summed E-state index contributed by atoms with van der Waals surface area (Å²) in [7, 11) is 0. The zero-order valence-corrected chi connectivity index (χ0v) is 9.05. The standard InChI is InChI=1S/C12H14O4/c1-9(13)16-11(7-8-12(14)15)10-5-3-2-4-6-10/h2-6,11H,7-8H2,1H3,(H,14,15)/t11-/m0/s1. The molecule has 0 spiro atoms. The van der Waals surface area contributed by atoms with Crippen LogP contribution in [0, 0.1) is 0 Å². The molecule has 1 atom stereocenters. The molecule has 0 aliphatic heterocycles. The van der Waals surface area contributed by atoms with E-state index in [1.54, 1.807) is 0 Å². The molecule has 0 fully saturated rings. The highest BCUT2D eigenvalue weighted by Gasteiger charge is 2.15. The van der Waals surface area contributed by atoms with Crippen LogP contribution < -0.4 is 0 Å². The summed E-state index contributed by atoms with van der Waals surface area (Å²) in [5, 5.41) is 8.60. The average molecular weight is 222 g/mol. The van der Waals surface area contributed by atoms with Crippen molar-refractivity contribution in [1.29, 1.82) is 0 Å². The van der Waals surface area contributed by atoms with Gasteiger partial charge in [0, 0.05) is 13.3 Å². The molecule has 4 nitrogen and oxygen atoms in total. The zero-order chi connectivity index (χ0) is 12.0. The first kappa shape index (κ1) is 12.2. The third-order valence-electron chi connectivity index (χ3n) is 2.10. The van der Waals surface area contributed by atoms with Crippen LogP contribution in [0.25, 0.3) is 0 Å². The molecule has 0 amide bonds. The monoisotopic (exact) mass is 222 g/mol. The van der Waals surface area contributed by atoms with Gasteiger partial charge in [-0.2, -0.15) is 0 Å². The molecule has 0 radical (unpaired) electrons. The van der Waals surface area contributed by atoms with Crippen LogP contribution in [0.2, 0.25) is 0 Å². The Morgan fingerprint density at radius 1 is 1.31 bits per heavy atom. The first-order chi connectivity index (χ1) is 7.59. The molecule has 16 heavy (non-hydrogen) atoms. The largest absolute Gasteiger partial charge is 0.481 e. The van der Waals surface area contributed by atoms with Crippen LogP contribution in [0.5, 0.6) is 0 Å². The Hall–Kier alpha value is -1.84. The maximum absolute atomic E-state index is 10.9. The predicted octanol–water partition coefficient (Wildman–Crippen LogP) is 2.16. The minimum absolute atomic E-state index is 0.0210. The Labute approximate surface area is 93.9 Å². The SMILES string of the molecule is CC(=O)O[C@@H](CCC(=O)O)c1ccccc1. The van der Waals surface area contributed by atoms with E-state index in [1.165, 1.54) is 6.92 Å². The summed E-state index contributed by atoms with van der Waals surface area (Å²) in [4.78, 5) is 21.4. The lowest BCUT2D eigenvalue weighted by molar-refractivity contribution is -0.149. The summed E-state index contributed by atoms with van der Waals surface area (Å²) in [6, 6.07) is 9.13. The summed E-state index contributed by atoms with van der Waals surface area (Å²) in [5.41, 5.74) is 0.818. The molecule has 1 aromatic carbocycles. The number of hydrogen-bond donors (Lipinski definition) is 1. The number of carboxylic acids is 1. The van der Waals surface area contributed by atoms with Crippen molar-refractivity contribution >= 4 is 11.9 Å². The number of carboxylic acid groups (broad SMARTS) is 1. The molecule has 4 heteroatoms. The first-order valence-electron chi connectivity index (χ1n) is 5.03. The van der Waals surface area contributed by atoms with E-state index in [2.05, 4.69) is 0 Å². The number of esters is 1. The van der Waals surface area contributed by atoms with Crippen molar-refractivity contribution < 1.29 is 19.4 Å². The molecular weight excluding hydrogens is 208 g/mol. The van der Waals surface area contributed by atoms with Gasteiger partial charge in [0.1, 0.15) is 6.10 Å². The number of ether oxygens (including phenoxy) is 1. The summed E-state index contributed by atoms with van der Waals surface area (Å²) < 4.78 is 5.08. The molecule has 0 bridgehead atoms.